The number of rotatable bonds is 5. The number of hydrogen-bond acceptors (Lipinski definition) is 4. The quantitative estimate of drug-likeness (QED) is 0.869. The Hall–Kier alpha value is -1.10. The molecule has 2 atom stereocenters. The molecule has 1 aliphatic carbocycles. The summed E-state index contributed by atoms with van der Waals surface area (Å²) in [5, 5.41) is 15.3. The van der Waals surface area contributed by atoms with E-state index in [0.717, 1.165) is 23.5 Å². The normalized spacial score (nSPS) is 23.6. The van der Waals surface area contributed by atoms with Gasteiger partial charge in [-0.2, -0.15) is 0 Å². The van der Waals surface area contributed by atoms with Gasteiger partial charge in [-0.25, -0.2) is 4.98 Å². The molecule has 1 aliphatic rings. The molecule has 1 heterocycles. The van der Waals surface area contributed by atoms with Crippen molar-refractivity contribution in [1.82, 2.24) is 4.98 Å². The second-order valence-electron chi connectivity index (χ2n) is 6.49. The highest BCUT2D eigenvalue weighted by molar-refractivity contribution is 7.13. The van der Waals surface area contributed by atoms with Crippen molar-refractivity contribution in [2.75, 3.05) is 11.9 Å². The summed E-state index contributed by atoms with van der Waals surface area (Å²) < 4.78 is 0. The number of nitrogens with one attached hydrogen (secondary N) is 1. The fraction of sp³-hybridized carbons (Fsp3) is 0.733. The van der Waals surface area contributed by atoms with Crippen molar-refractivity contribution in [3.8, 4) is 0 Å². The Morgan fingerprint density at radius 1 is 1.55 bits per heavy atom. The predicted molar refractivity (Wildman–Crippen MR) is 82.4 cm³/mol. The van der Waals surface area contributed by atoms with Gasteiger partial charge in [-0.15, -0.1) is 11.3 Å². The van der Waals surface area contributed by atoms with Gasteiger partial charge in [0.15, 0.2) is 5.13 Å². The largest absolute Gasteiger partial charge is 0.481 e. The Kier molecular flexibility index (Phi) is 4.68. The van der Waals surface area contributed by atoms with Crippen molar-refractivity contribution in [2.45, 2.75) is 51.9 Å². The van der Waals surface area contributed by atoms with Gasteiger partial charge < -0.3 is 10.4 Å². The molecule has 0 saturated heterocycles. The molecule has 0 bridgehead atoms. The summed E-state index contributed by atoms with van der Waals surface area (Å²) in [7, 11) is 0. The fourth-order valence-corrected chi connectivity index (χ4v) is 3.62. The lowest BCUT2D eigenvalue weighted by atomic mass is 9.82. The minimum atomic E-state index is -0.921. The first kappa shape index (κ1) is 15.3. The van der Waals surface area contributed by atoms with Crippen LogP contribution in [0.3, 0.4) is 0 Å². The monoisotopic (exact) mass is 296 g/mol. The Balaban J connectivity index is 1.91. The lowest BCUT2D eigenvalue weighted by Gasteiger charge is -2.26. The van der Waals surface area contributed by atoms with Crippen LogP contribution in [0.5, 0.6) is 0 Å². The standard InChI is InChI=1S/C15H24N2O2S/c1-10-5-4-6-11(7-10)8-16-14-17-12(9-20-14)15(2,3)13(18)19/h9-11H,4-8H2,1-3H3,(H,16,17)(H,18,19). The lowest BCUT2D eigenvalue weighted by molar-refractivity contribution is -0.142. The minimum absolute atomic E-state index is 0.634. The molecule has 112 valence electrons. The number of aromatic nitrogens is 1. The second kappa shape index (κ2) is 6.12. The molecule has 1 saturated carbocycles. The first-order valence-corrected chi connectivity index (χ1v) is 8.21. The fourth-order valence-electron chi connectivity index (χ4n) is 2.73. The van der Waals surface area contributed by atoms with E-state index in [4.69, 9.17) is 0 Å². The van der Waals surface area contributed by atoms with Crippen LogP contribution in [0.25, 0.3) is 0 Å². The molecule has 2 rings (SSSR count). The Morgan fingerprint density at radius 3 is 2.95 bits per heavy atom. The maximum Gasteiger partial charge on any atom is 0.315 e. The highest BCUT2D eigenvalue weighted by Gasteiger charge is 2.32. The Labute approximate surface area is 124 Å². The number of carbonyl (C=O) groups is 1. The third-order valence-corrected chi connectivity index (χ3v) is 5.07. The maximum absolute atomic E-state index is 11.2. The molecule has 2 N–H and O–H groups in total. The summed E-state index contributed by atoms with van der Waals surface area (Å²) in [4.78, 5) is 15.6. The summed E-state index contributed by atoms with van der Waals surface area (Å²) in [6, 6.07) is 0. The third-order valence-electron chi connectivity index (χ3n) is 4.27. The number of carboxylic acid groups (broad SMARTS) is 1. The van der Waals surface area contributed by atoms with Gasteiger partial charge in [-0.1, -0.05) is 19.8 Å². The second-order valence-corrected chi connectivity index (χ2v) is 7.34. The van der Waals surface area contributed by atoms with E-state index in [-0.39, 0.29) is 0 Å². The molecule has 4 nitrogen and oxygen atoms in total. The van der Waals surface area contributed by atoms with E-state index >= 15 is 0 Å². The SMILES string of the molecule is CC1CCCC(CNc2nc(C(C)(C)C(=O)O)cs2)C1. The molecule has 1 aromatic rings. The van der Waals surface area contributed by atoms with Crippen molar-refractivity contribution < 1.29 is 9.90 Å². The van der Waals surface area contributed by atoms with Crippen LogP contribution in [0.2, 0.25) is 0 Å². The van der Waals surface area contributed by atoms with E-state index in [1.807, 2.05) is 5.38 Å². The molecular weight excluding hydrogens is 272 g/mol. The van der Waals surface area contributed by atoms with E-state index in [1.54, 1.807) is 13.8 Å². The summed E-state index contributed by atoms with van der Waals surface area (Å²) in [6.07, 6.45) is 5.25. The van der Waals surface area contributed by atoms with Crippen molar-refractivity contribution in [2.24, 2.45) is 11.8 Å². The molecule has 0 radical (unpaired) electrons. The van der Waals surface area contributed by atoms with Crippen molar-refractivity contribution in [3.05, 3.63) is 11.1 Å². The van der Waals surface area contributed by atoms with Gasteiger partial charge >= 0.3 is 5.97 Å². The first-order chi connectivity index (χ1) is 9.39. The summed E-state index contributed by atoms with van der Waals surface area (Å²) in [5.74, 6) is 0.711. The van der Waals surface area contributed by atoms with Crippen LogP contribution in [0, 0.1) is 11.8 Å². The number of aliphatic carboxylic acids is 1. The Bertz CT molecular complexity index is 470. The third kappa shape index (κ3) is 3.51. The maximum atomic E-state index is 11.2. The van der Waals surface area contributed by atoms with Gasteiger partial charge in [-0.3, -0.25) is 4.79 Å². The van der Waals surface area contributed by atoms with Gasteiger partial charge in [0, 0.05) is 11.9 Å². The zero-order valence-corrected chi connectivity index (χ0v) is 13.3. The molecule has 0 amide bonds. The van der Waals surface area contributed by atoms with Gasteiger partial charge in [-0.05, 0) is 38.5 Å². The smallest absolute Gasteiger partial charge is 0.315 e. The molecule has 5 heteroatoms. The van der Waals surface area contributed by atoms with Crippen LogP contribution < -0.4 is 5.32 Å². The van der Waals surface area contributed by atoms with Crippen LogP contribution >= 0.6 is 11.3 Å². The zero-order chi connectivity index (χ0) is 14.8. The topological polar surface area (TPSA) is 62.2 Å². The van der Waals surface area contributed by atoms with Crippen molar-refractivity contribution in [1.29, 1.82) is 0 Å². The summed E-state index contributed by atoms with van der Waals surface area (Å²) in [6.45, 7) is 6.65. The van der Waals surface area contributed by atoms with Crippen molar-refractivity contribution >= 4 is 22.4 Å². The predicted octanol–water partition coefficient (Wildman–Crippen LogP) is 3.74. The first-order valence-electron chi connectivity index (χ1n) is 7.33. The molecule has 0 spiro atoms. The number of anilines is 1. The number of thiazole rings is 1. The molecule has 1 aromatic heterocycles. The number of hydrogen-bond donors (Lipinski definition) is 2. The molecular formula is C15H24N2O2S. The van der Waals surface area contributed by atoms with Crippen LogP contribution in [0.1, 0.15) is 52.1 Å². The van der Waals surface area contributed by atoms with Gasteiger partial charge in [0.1, 0.15) is 5.41 Å². The summed E-state index contributed by atoms with van der Waals surface area (Å²) in [5.41, 5.74) is -0.287. The summed E-state index contributed by atoms with van der Waals surface area (Å²) >= 11 is 1.50. The Morgan fingerprint density at radius 2 is 2.30 bits per heavy atom. The van der Waals surface area contributed by atoms with Crippen LogP contribution in [0.4, 0.5) is 5.13 Å². The van der Waals surface area contributed by atoms with Crippen LogP contribution in [-0.2, 0) is 10.2 Å². The van der Waals surface area contributed by atoms with Gasteiger partial charge in [0.25, 0.3) is 0 Å². The van der Waals surface area contributed by atoms with E-state index in [9.17, 15) is 9.90 Å². The van der Waals surface area contributed by atoms with Crippen molar-refractivity contribution in [3.63, 3.8) is 0 Å². The van der Waals surface area contributed by atoms with E-state index in [2.05, 4.69) is 17.2 Å². The lowest BCUT2D eigenvalue weighted by Crippen LogP contribution is -2.29. The molecule has 2 unspecified atom stereocenters. The van der Waals surface area contributed by atoms with E-state index in [1.165, 1.54) is 37.0 Å². The highest BCUT2D eigenvalue weighted by Crippen LogP contribution is 2.30. The molecule has 0 aromatic carbocycles. The van der Waals surface area contributed by atoms with Crippen LogP contribution in [-0.4, -0.2) is 22.6 Å². The average molecular weight is 296 g/mol. The minimum Gasteiger partial charge on any atom is -0.481 e. The molecule has 20 heavy (non-hydrogen) atoms. The van der Waals surface area contributed by atoms with Gasteiger partial charge in [0.05, 0.1) is 5.69 Å². The zero-order valence-electron chi connectivity index (χ0n) is 12.5. The average Bonchev–Trinajstić information content (AvgIpc) is 2.85. The molecule has 1 fully saturated rings. The highest BCUT2D eigenvalue weighted by atomic mass is 32.1. The number of nitrogens with zero attached hydrogens (tertiary/aromatic N) is 1. The van der Waals surface area contributed by atoms with Gasteiger partial charge in [0.2, 0.25) is 0 Å². The molecule has 0 aliphatic heterocycles. The van der Waals surface area contributed by atoms with Crippen LogP contribution in [0.15, 0.2) is 5.38 Å². The van der Waals surface area contributed by atoms with E-state index < -0.39 is 11.4 Å². The number of carboxylic acids is 1. The van der Waals surface area contributed by atoms with E-state index in [0.29, 0.717) is 5.69 Å².